The Balaban J connectivity index is 0.00000341. The van der Waals surface area contributed by atoms with Crippen molar-refractivity contribution in [3.63, 3.8) is 0 Å². The summed E-state index contributed by atoms with van der Waals surface area (Å²) >= 11 is 0. The lowest BCUT2D eigenvalue weighted by atomic mass is 10.1. The maximum atomic E-state index is 10.7. The molecule has 1 heterocycles. The average Bonchev–Trinajstić information content (AvgIpc) is 3.10. The zero-order valence-electron chi connectivity index (χ0n) is 18.3. The number of aliphatic imine (C=N–C) groups is 1. The Morgan fingerprint density at radius 2 is 1.90 bits per heavy atom. The van der Waals surface area contributed by atoms with Gasteiger partial charge in [-0.05, 0) is 38.1 Å². The first-order chi connectivity index (χ1) is 14.6. The zero-order chi connectivity index (χ0) is 21.5. The van der Waals surface area contributed by atoms with E-state index in [2.05, 4.69) is 15.6 Å². The fraction of sp³-hybridized carbons (Fsp3) is 0.348. The lowest BCUT2D eigenvalue weighted by Crippen LogP contribution is -2.39. The minimum absolute atomic E-state index is 0. The number of hydrogen-bond acceptors (Lipinski definition) is 5. The molecule has 0 aliphatic rings. The molecule has 3 aromatic rings. The Labute approximate surface area is 199 Å². The maximum absolute atomic E-state index is 10.7. The molecule has 168 valence electrons. The zero-order valence-corrected chi connectivity index (χ0v) is 20.6. The highest BCUT2D eigenvalue weighted by Gasteiger charge is 2.16. The molecule has 0 spiro atoms. The number of furan rings is 1. The summed E-state index contributed by atoms with van der Waals surface area (Å²) in [6.45, 7) is 5.38. The molecule has 0 bridgehead atoms. The molecule has 3 N–H and O–H groups in total. The van der Waals surface area contributed by atoms with Crippen LogP contribution in [0.25, 0.3) is 11.0 Å². The van der Waals surface area contributed by atoms with E-state index in [1.165, 1.54) is 0 Å². The van der Waals surface area contributed by atoms with Crippen LogP contribution in [-0.4, -0.2) is 38.4 Å². The van der Waals surface area contributed by atoms with Gasteiger partial charge < -0.3 is 29.6 Å². The summed E-state index contributed by atoms with van der Waals surface area (Å²) in [7, 11) is 3.17. The number of hydrogen-bond donors (Lipinski definition) is 3. The summed E-state index contributed by atoms with van der Waals surface area (Å²) in [6, 6.07) is 13.3. The van der Waals surface area contributed by atoms with Gasteiger partial charge in [0.1, 0.15) is 29.4 Å². The largest absolute Gasteiger partial charge is 0.497 e. The summed E-state index contributed by atoms with van der Waals surface area (Å²) in [5.74, 6) is 2.68. The predicted octanol–water partition coefficient (Wildman–Crippen LogP) is 4.17. The van der Waals surface area contributed by atoms with Crippen molar-refractivity contribution in [1.29, 1.82) is 0 Å². The number of guanidine groups is 1. The Morgan fingerprint density at radius 3 is 2.58 bits per heavy atom. The van der Waals surface area contributed by atoms with E-state index < -0.39 is 6.10 Å². The number of methoxy groups -OCH3 is 2. The number of benzene rings is 2. The van der Waals surface area contributed by atoms with Gasteiger partial charge in [0.05, 0.1) is 20.3 Å². The fourth-order valence-corrected chi connectivity index (χ4v) is 3.27. The maximum Gasteiger partial charge on any atom is 0.191 e. The molecule has 1 unspecified atom stereocenters. The van der Waals surface area contributed by atoms with Crippen molar-refractivity contribution in [3.05, 3.63) is 59.4 Å². The molecular weight excluding hydrogens is 509 g/mol. The van der Waals surface area contributed by atoms with Gasteiger partial charge in [-0.25, -0.2) is 4.99 Å². The van der Waals surface area contributed by atoms with E-state index in [9.17, 15) is 5.11 Å². The standard InChI is InChI=1S/C23H29N3O4.HI/c1-5-24-23(26-14-22-15(2)17-8-6-7-9-21(17)30-22)25-13-19(27)18-12-16(28-3)10-11-20(18)29-4;/h6-12,19,27H,5,13-14H2,1-4H3,(H2,24,25,26);1H. The second-order valence-corrected chi connectivity index (χ2v) is 6.85. The lowest BCUT2D eigenvalue weighted by Gasteiger charge is -2.18. The topological polar surface area (TPSA) is 88.3 Å². The molecule has 31 heavy (non-hydrogen) atoms. The average molecular weight is 539 g/mol. The molecule has 8 heteroatoms. The van der Waals surface area contributed by atoms with Gasteiger partial charge in [-0.1, -0.05) is 18.2 Å². The van der Waals surface area contributed by atoms with Crippen LogP contribution in [0.3, 0.4) is 0 Å². The Kier molecular flexibility index (Phi) is 9.44. The Hall–Kier alpha value is -2.46. The minimum atomic E-state index is -0.799. The molecule has 0 saturated carbocycles. The van der Waals surface area contributed by atoms with Gasteiger partial charge in [-0.15, -0.1) is 24.0 Å². The Bertz CT molecular complexity index is 1020. The molecular formula is C23H30IN3O4. The summed E-state index contributed by atoms with van der Waals surface area (Å²) in [5, 5.41) is 18.2. The van der Waals surface area contributed by atoms with Crippen molar-refractivity contribution in [2.45, 2.75) is 26.5 Å². The number of aliphatic hydroxyl groups is 1. The summed E-state index contributed by atoms with van der Waals surface area (Å²) in [5.41, 5.74) is 2.60. The number of ether oxygens (including phenoxy) is 2. The van der Waals surface area contributed by atoms with Gasteiger partial charge in [-0.2, -0.15) is 0 Å². The van der Waals surface area contributed by atoms with Crippen LogP contribution in [0, 0.1) is 6.92 Å². The molecule has 2 aromatic carbocycles. The van der Waals surface area contributed by atoms with Crippen molar-refractivity contribution in [2.24, 2.45) is 4.99 Å². The van der Waals surface area contributed by atoms with E-state index in [1.807, 2.05) is 38.1 Å². The van der Waals surface area contributed by atoms with Crippen molar-refractivity contribution < 1.29 is 19.0 Å². The smallest absolute Gasteiger partial charge is 0.191 e. The molecule has 1 aromatic heterocycles. The third-order valence-corrected chi connectivity index (χ3v) is 4.93. The number of fused-ring (bicyclic) bond motifs is 1. The lowest BCUT2D eigenvalue weighted by molar-refractivity contribution is 0.176. The van der Waals surface area contributed by atoms with Crippen LogP contribution in [0.1, 0.15) is 29.9 Å². The van der Waals surface area contributed by atoms with E-state index in [-0.39, 0.29) is 30.5 Å². The van der Waals surface area contributed by atoms with Crippen molar-refractivity contribution >= 4 is 40.9 Å². The third kappa shape index (κ3) is 6.04. The number of nitrogens with one attached hydrogen (secondary N) is 2. The van der Waals surface area contributed by atoms with Crippen LogP contribution in [0.15, 0.2) is 51.9 Å². The monoisotopic (exact) mass is 539 g/mol. The predicted molar refractivity (Wildman–Crippen MR) is 134 cm³/mol. The molecule has 0 aliphatic heterocycles. The van der Waals surface area contributed by atoms with Gasteiger partial charge in [-0.3, -0.25) is 0 Å². The van der Waals surface area contributed by atoms with E-state index in [0.29, 0.717) is 36.1 Å². The molecule has 0 radical (unpaired) electrons. The van der Waals surface area contributed by atoms with Gasteiger partial charge in [0, 0.05) is 29.6 Å². The Morgan fingerprint density at radius 1 is 1.13 bits per heavy atom. The number of rotatable bonds is 8. The highest BCUT2D eigenvalue weighted by atomic mass is 127. The number of para-hydroxylation sites is 1. The highest BCUT2D eigenvalue weighted by molar-refractivity contribution is 14.0. The van der Waals surface area contributed by atoms with Gasteiger partial charge >= 0.3 is 0 Å². The molecule has 7 nitrogen and oxygen atoms in total. The number of halogens is 1. The number of aryl methyl sites for hydroxylation is 1. The SMILES string of the molecule is CCNC(=NCc1oc2ccccc2c1C)NCC(O)c1cc(OC)ccc1OC.I. The second-order valence-electron chi connectivity index (χ2n) is 6.85. The quantitative estimate of drug-likeness (QED) is 0.226. The second kappa shape index (κ2) is 11.8. The molecule has 0 amide bonds. The van der Waals surface area contributed by atoms with Crippen molar-refractivity contribution in [2.75, 3.05) is 27.3 Å². The highest BCUT2D eigenvalue weighted by Crippen LogP contribution is 2.29. The van der Waals surface area contributed by atoms with Crippen molar-refractivity contribution in [1.82, 2.24) is 10.6 Å². The number of nitrogens with zero attached hydrogens (tertiary/aromatic N) is 1. The molecule has 0 aliphatic carbocycles. The van der Waals surface area contributed by atoms with Crippen LogP contribution in [-0.2, 0) is 6.54 Å². The number of aliphatic hydroxyl groups excluding tert-OH is 1. The van der Waals surface area contributed by atoms with E-state index in [4.69, 9.17) is 13.9 Å². The summed E-state index contributed by atoms with van der Waals surface area (Å²) in [6.07, 6.45) is -0.799. The normalized spacial score (nSPS) is 12.2. The van der Waals surface area contributed by atoms with Gasteiger partial charge in [0.25, 0.3) is 0 Å². The summed E-state index contributed by atoms with van der Waals surface area (Å²) < 4.78 is 16.6. The molecule has 1 atom stereocenters. The summed E-state index contributed by atoms with van der Waals surface area (Å²) in [4.78, 5) is 4.62. The van der Waals surface area contributed by atoms with Gasteiger partial charge in [0.15, 0.2) is 5.96 Å². The van der Waals surface area contributed by atoms with Gasteiger partial charge in [0.2, 0.25) is 0 Å². The molecule has 0 fully saturated rings. The third-order valence-electron chi connectivity index (χ3n) is 4.93. The molecule has 0 saturated heterocycles. The first kappa shape index (κ1) is 24.8. The van der Waals surface area contributed by atoms with E-state index in [1.54, 1.807) is 32.4 Å². The van der Waals surface area contributed by atoms with E-state index in [0.717, 1.165) is 22.3 Å². The van der Waals surface area contributed by atoms with Crippen LogP contribution in [0.5, 0.6) is 11.5 Å². The van der Waals surface area contributed by atoms with E-state index >= 15 is 0 Å². The van der Waals surface area contributed by atoms with Crippen LogP contribution in [0.4, 0.5) is 0 Å². The first-order valence-corrected chi connectivity index (χ1v) is 9.96. The van der Waals surface area contributed by atoms with Crippen LogP contribution >= 0.6 is 24.0 Å². The van der Waals surface area contributed by atoms with Crippen LogP contribution in [0.2, 0.25) is 0 Å². The fourth-order valence-electron chi connectivity index (χ4n) is 3.27. The first-order valence-electron chi connectivity index (χ1n) is 9.96. The minimum Gasteiger partial charge on any atom is -0.497 e. The van der Waals surface area contributed by atoms with Crippen molar-refractivity contribution in [3.8, 4) is 11.5 Å². The van der Waals surface area contributed by atoms with Crippen LogP contribution < -0.4 is 20.1 Å². The molecule has 3 rings (SSSR count).